The summed E-state index contributed by atoms with van der Waals surface area (Å²) in [5.74, 6) is 6.50. The second-order valence-corrected chi connectivity index (χ2v) is 21.5. The molecular formula is C42H58N2O. The molecule has 11 fully saturated rings. The second-order valence-electron chi connectivity index (χ2n) is 21.5. The monoisotopic (exact) mass is 606 g/mol. The van der Waals surface area contributed by atoms with Crippen molar-refractivity contribution in [2.45, 2.75) is 128 Å². The maximum absolute atomic E-state index is 8.21. The van der Waals surface area contributed by atoms with Gasteiger partial charge < -0.3 is 14.5 Å². The highest BCUT2D eigenvalue weighted by atomic mass is 16.5. The van der Waals surface area contributed by atoms with Crippen LogP contribution in [0.25, 0.3) is 0 Å². The molecule has 15 rings (SSSR count). The zero-order chi connectivity index (χ0) is 29.7. The van der Waals surface area contributed by atoms with Crippen LogP contribution in [-0.2, 0) is 4.74 Å². The van der Waals surface area contributed by atoms with Gasteiger partial charge in [0.2, 0.25) is 0 Å². The molecule has 242 valence electrons. The number of hydrogen-bond donors (Lipinski definition) is 0. The lowest BCUT2D eigenvalue weighted by molar-refractivity contribution is -0.284. The van der Waals surface area contributed by atoms with Gasteiger partial charge in [-0.2, -0.15) is 0 Å². The van der Waals surface area contributed by atoms with Crippen LogP contribution in [0.3, 0.4) is 0 Å². The zero-order valence-electron chi connectivity index (χ0n) is 28.8. The lowest BCUT2D eigenvalue weighted by Crippen LogP contribution is -2.67. The van der Waals surface area contributed by atoms with Crippen LogP contribution in [0.2, 0.25) is 0 Å². The fraction of sp³-hybridized carbons (Fsp3) is 0.905. The first kappa shape index (κ1) is 26.3. The average molecular weight is 607 g/mol. The number of fused-ring (bicyclic) bond motifs is 3. The van der Waals surface area contributed by atoms with Crippen LogP contribution in [0.15, 0.2) is 22.8 Å². The Balaban J connectivity index is 0.894. The summed E-state index contributed by atoms with van der Waals surface area (Å²) in [7, 11) is 4.96. The van der Waals surface area contributed by atoms with Crippen LogP contribution in [0.4, 0.5) is 0 Å². The minimum atomic E-state index is 0.209. The van der Waals surface area contributed by atoms with Crippen molar-refractivity contribution in [3.05, 3.63) is 22.8 Å². The van der Waals surface area contributed by atoms with E-state index in [4.69, 9.17) is 4.74 Å². The molecule has 5 spiro atoms. The van der Waals surface area contributed by atoms with Crippen molar-refractivity contribution in [3.8, 4) is 0 Å². The van der Waals surface area contributed by atoms with E-state index >= 15 is 0 Å². The molecule has 3 nitrogen and oxygen atoms in total. The summed E-state index contributed by atoms with van der Waals surface area (Å²) in [6.07, 6.45) is 25.7. The molecule has 0 aromatic carbocycles. The van der Waals surface area contributed by atoms with Gasteiger partial charge in [0.05, 0.1) is 11.7 Å². The molecule has 3 heterocycles. The van der Waals surface area contributed by atoms with Crippen molar-refractivity contribution in [1.29, 1.82) is 0 Å². The Kier molecular flexibility index (Phi) is 4.25. The Hall–Kier alpha value is -0.640. The van der Waals surface area contributed by atoms with Gasteiger partial charge in [0.15, 0.2) is 0 Å². The van der Waals surface area contributed by atoms with Gasteiger partial charge in [0.1, 0.15) is 0 Å². The number of likely N-dealkylation sites (tertiary alicyclic amines) is 2. The summed E-state index contributed by atoms with van der Waals surface area (Å²) in [5, 5.41) is 0. The molecule has 3 saturated heterocycles. The normalized spacial score (nSPS) is 67.0. The van der Waals surface area contributed by atoms with Gasteiger partial charge >= 0.3 is 0 Å². The highest BCUT2D eigenvalue weighted by Gasteiger charge is 2.86. The van der Waals surface area contributed by atoms with Crippen molar-refractivity contribution >= 4 is 0 Å². The molecule has 16 atom stereocenters. The highest BCUT2D eigenvalue weighted by Crippen LogP contribution is 2.88. The van der Waals surface area contributed by atoms with Crippen molar-refractivity contribution in [3.63, 3.8) is 0 Å². The summed E-state index contributed by atoms with van der Waals surface area (Å²) in [4.78, 5) is 5.64. The Morgan fingerprint density at radius 3 is 2.71 bits per heavy atom. The Labute approximate surface area is 272 Å². The van der Waals surface area contributed by atoms with E-state index in [1.807, 2.05) is 16.7 Å². The minimum absolute atomic E-state index is 0.209. The maximum Gasteiger partial charge on any atom is 0.0744 e. The third-order valence-corrected chi connectivity index (χ3v) is 20.4. The number of nitrogens with zero attached hydrogens (tertiary/aromatic N) is 2. The molecule has 0 amide bonds. The first-order valence-electron chi connectivity index (χ1n) is 20.1. The molecule has 8 saturated carbocycles. The summed E-state index contributed by atoms with van der Waals surface area (Å²) < 4.78 is 8.21. The van der Waals surface area contributed by atoms with Gasteiger partial charge in [-0.1, -0.05) is 31.9 Å². The molecule has 0 N–H and O–H groups in total. The van der Waals surface area contributed by atoms with Crippen LogP contribution in [-0.4, -0.2) is 61.3 Å². The van der Waals surface area contributed by atoms with E-state index in [1.165, 1.54) is 90.3 Å². The third kappa shape index (κ3) is 2.47. The predicted molar refractivity (Wildman–Crippen MR) is 176 cm³/mol. The van der Waals surface area contributed by atoms with Gasteiger partial charge in [-0.05, 0) is 173 Å². The molecule has 12 aliphatic carbocycles. The van der Waals surface area contributed by atoms with E-state index in [0.29, 0.717) is 38.6 Å². The Morgan fingerprint density at radius 2 is 1.80 bits per heavy atom. The first-order chi connectivity index (χ1) is 21.6. The topological polar surface area (TPSA) is 15.7 Å². The summed E-state index contributed by atoms with van der Waals surface area (Å²) in [5.41, 5.74) is 9.02. The zero-order valence-corrected chi connectivity index (χ0v) is 28.8. The van der Waals surface area contributed by atoms with Crippen molar-refractivity contribution in [1.82, 2.24) is 9.80 Å². The molecule has 12 bridgehead atoms. The van der Waals surface area contributed by atoms with Gasteiger partial charge in [-0.15, -0.1) is 0 Å². The smallest absolute Gasteiger partial charge is 0.0744 e. The summed E-state index contributed by atoms with van der Waals surface area (Å²) in [6.45, 7) is 9.35. The quantitative estimate of drug-likeness (QED) is 0.279. The predicted octanol–water partition coefficient (Wildman–Crippen LogP) is 7.87. The van der Waals surface area contributed by atoms with Gasteiger partial charge in [-0.3, -0.25) is 0 Å². The number of rotatable bonds is 0. The van der Waals surface area contributed by atoms with Crippen molar-refractivity contribution in [2.75, 3.05) is 33.7 Å². The summed E-state index contributed by atoms with van der Waals surface area (Å²) in [6, 6.07) is 0.888. The largest absolute Gasteiger partial charge is 0.370 e. The lowest BCUT2D eigenvalue weighted by Gasteiger charge is -2.70. The average Bonchev–Trinajstić information content (AvgIpc) is 3.53. The minimum Gasteiger partial charge on any atom is -0.370 e. The highest BCUT2D eigenvalue weighted by molar-refractivity contribution is 5.56. The number of ether oxygens (including phenoxy) is 1. The molecule has 0 aromatic heterocycles. The molecule has 15 aliphatic rings. The molecule has 0 radical (unpaired) electrons. The van der Waals surface area contributed by atoms with E-state index in [1.54, 1.807) is 25.7 Å². The fourth-order valence-corrected chi connectivity index (χ4v) is 20.0. The fourth-order valence-electron chi connectivity index (χ4n) is 20.0. The van der Waals surface area contributed by atoms with Crippen LogP contribution in [0.1, 0.15) is 110 Å². The van der Waals surface area contributed by atoms with E-state index in [-0.39, 0.29) is 5.60 Å². The van der Waals surface area contributed by atoms with Gasteiger partial charge in [0, 0.05) is 41.9 Å². The second kappa shape index (κ2) is 7.28. The van der Waals surface area contributed by atoms with Crippen molar-refractivity contribution < 1.29 is 4.74 Å². The van der Waals surface area contributed by atoms with Gasteiger partial charge in [0.25, 0.3) is 0 Å². The number of piperidine rings is 2. The standard InChI is InChI=1S/C42H58N2O/c1-36-8-5-9-42-32(36)7-11-39-21-40(25(16-33(39)42)15-30(39)34(42)44(4)23-36)12-13-41-29-17-28-26-14-24-18-37(2,22-43(3)20-24)27(26)6-10-38(28,19-31(29)41)35(41)45-40/h17,24-25,29-35H,5-16,18-23H2,1-4H3/t24-,25+,29+,30+,31+,32+,33-,34+,35+,36+,37+,38-,39-,40+,41-,42+/m1/s1. The Morgan fingerprint density at radius 1 is 0.889 bits per heavy atom. The SMILES string of the molecule is CN1C[C@@H]2CC3=C(CC[C@@]45C[C@H]6[C@H](C=C34)[C@]63CC[C@@]4(C[C@]67CC[C@H]8[C@@]9(C)CCC[C@]8%10[C@H]([C@@H]6C[C@H]4C[C@H]7%10)N(C)C9)O[C@@H]53)[C@@](C)(C2)C1. The number of allylic oxidation sites excluding steroid dienone is 2. The van der Waals surface area contributed by atoms with Crippen LogP contribution < -0.4 is 0 Å². The van der Waals surface area contributed by atoms with E-state index < -0.39 is 0 Å². The molecule has 3 heteroatoms. The van der Waals surface area contributed by atoms with Gasteiger partial charge in [-0.25, -0.2) is 0 Å². The summed E-state index contributed by atoms with van der Waals surface area (Å²) >= 11 is 0. The number of hydrogen-bond acceptors (Lipinski definition) is 3. The first-order valence-corrected chi connectivity index (χ1v) is 20.1. The van der Waals surface area contributed by atoms with E-state index in [0.717, 1.165) is 47.5 Å². The molecular weight excluding hydrogens is 548 g/mol. The van der Waals surface area contributed by atoms with Crippen LogP contribution in [0.5, 0.6) is 0 Å². The molecule has 0 aromatic rings. The Bertz CT molecular complexity index is 1550. The molecule has 3 aliphatic heterocycles. The third-order valence-electron chi connectivity index (χ3n) is 20.4. The lowest BCUT2D eigenvalue weighted by atomic mass is 9.38. The van der Waals surface area contributed by atoms with Crippen molar-refractivity contribution in [2.24, 2.45) is 73.9 Å². The van der Waals surface area contributed by atoms with Crippen LogP contribution >= 0.6 is 0 Å². The van der Waals surface area contributed by atoms with Crippen LogP contribution in [0, 0.1) is 73.9 Å². The van der Waals surface area contributed by atoms with E-state index in [9.17, 15) is 0 Å². The maximum atomic E-state index is 8.21. The van der Waals surface area contributed by atoms with E-state index in [2.05, 4.69) is 43.8 Å². The molecule has 45 heavy (non-hydrogen) atoms. The molecule has 0 unspecified atom stereocenters.